The van der Waals surface area contributed by atoms with Crippen molar-refractivity contribution < 1.29 is 4.79 Å². The Kier molecular flexibility index (Phi) is 4.07. The number of anilines is 1. The van der Waals surface area contributed by atoms with Crippen LogP contribution in [0.15, 0.2) is 36.8 Å². The van der Waals surface area contributed by atoms with E-state index < -0.39 is 0 Å². The SMILES string of the molecule is Cc1ccc2[nH]cc(CCC(=O)Nc3cnn(C(C)C4CC4)c3)c2c1. The van der Waals surface area contributed by atoms with E-state index in [-0.39, 0.29) is 5.91 Å². The van der Waals surface area contributed by atoms with Crippen LogP contribution in [0.3, 0.4) is 0 Å². The van der Waals surface area contributed by atoms with Crippen molar-refractivity contribution in [1.29, 1.82) is 0 Å². The second kappa shape index (κ2) is 6.39. The third kappa shape index (κ3) is 3.45. The first-order chi connectivity index (χ1) is 12.1. The van der Waals surface area contributed by atoms with Gasteiger partial charge in [-0.3, -0.25) is 9.48 Å². The van der Waals surface area contributed by atoms with Crippen molar-refractivity contribution >= 4 is 22.5 Å². The molecule has 3 aromatic rings. The van der Waals surface area contributed by atoms with E-state index in [1.807, 2.05) is 17.1 Å². The number of fused-ring (bicyclic) bond motifs is 1. The van der Waals surface area contributed by atoms with Crippen LogP contribution in [0, 0.1) is 12.8 Å². The van der Waals surface area contributed by atoms with Crippen LogP contribution >= 0.6 is 0 Å². The van der Waals surface area contributed by atoms with Crippen molar-refractivity contribution in [3.63, 3.8) is 0 Å². The fraction of sp³-hybridized carbons (Fsp3) is 0.400. The summed E-state index contributed by atoms with van der Waals surface area (Å²) in [4.78, 5) is 15.6. The number of amides is 1. The molecule has 1 saturated carbocycles. The van der Waals surface area contributed by atoms with Gasteiger partial charge in [0.15, 0.2) is 0 Å². The second-order valence-electron chi connectivity index (χ2n) is 7.20. The predicted molar refractivity (Wildman–Crippen MR) is 99.6 cm³/mol. The van der Waals surface area contributed by atoms with Crippen LogP contribution in [0.25, 0.3) is 10.9 Å². The quantitative estimate of drug-likeness (QED) is 0.708. The topological polar surface area (TPSA) is 62.7 Å². The van der Waals surface area contributed by atoms with Gasteiger partial charge < -0.3 is 10.3 Å². The number of nitrogens with one attached hydrogen (secondary N) is 2. The molecule has 0 spiro atoms. The van der Waals surface area contributed by atoms with Gasteiger partial charge in [-0.05, 0) is 56.7 Å². The minimum absolute atomic E-state index is 0.0284. The molecular weight excluding hydrogens is 312 g/mol. The monoisotopic (exact) mass is 336 g/mol. The van der Waals surface area contributed by atoms with Crippen LogP contribution in [-0.2, 0) is 11.2 Å². The second-order valence-corrected chi connectivity index (χ2v) is 7.20. The Hall–Kier alpha value is -2.56. The molecular formula is C20H24N4O. The number of carbonyl (C=O) groups is 1. The van der Waals surface area contributed by atoms with Crippen LogP contribution in [0.2, 0.25) is 0 Å². The van der Waals surface area contributed by atoms with E-state index in [1.54, 1.807) is 6.20 Å². The molecule has 1 atom stereocenters. The van der Waals surface area contributed by atoms with Crippen LogP contribution in [0.4, 0.5) is 5.69 Å². The van der Waals surface area contributed by atoms with Gasteiger partial charge in [-0.2, -0.15) is 5.10 Å². The van der Waals surface area contributed by atoms with E-state index in [2.05, 4.69) is 47.4 Å². The summed E-state index contributed by atoms with van der Waals surface area (Å²) in [6, 6.07) is 6.77. The average Bonchev–Trinajstić information content (AvgIpc) is 3.22. The number of H-pyrrole nitrogens is 1. The number of aromatic amines is 1. The average molecular weight is 336 g/mol. The molecule has 0 bridgehead atoms. The highest BCUT2D eigenvalue weighted by molar-refractivity contribution is 5.91. The zero-order valence-electron chi connectivity index (χ0n) is 14.7. The number of nitrogens with zero attached hydrogens (tertiary/aromatic N) is 2. The number of aromatic nitrogens is 3. The van der Waals surface area contributed by atoms with Crippen molar-refractivity contribution in [2.24, 2.45) is 5.92 Å². The maximum absolute atomic E-state index is 12.3. The fourth-order valence-electron chi connectivity index (χ4n) is 3.39. The molecule has 1 aromatic carbocycles. The van der Waals surface area contributed by atoms with Gasteiger partial charge in [-0.25, -0.2) is 0 Å². The van der Waals surface area contributed by atoms with E-state index in [0.717, 1.165) is 23.5 Å². The van der Waals surface area contributed by atoms with Gasteiger partial charge in [0, 0.05) is 29.7 Å². The smallest absolute Gasteiger partial charge is 0.224 e. The van der Waals surface area contributed by atoms with E-state index in [4.69, 9.17) is 0 Å². The normalized spacial score (nSPS) is 15.4. The molecule has 1 amide bonds. The van der Waals surface area contributed by atoms with Crippen LogP contribution in [-0.4, -0.2) is 20.7 Å². The van der Waals surface area contributed by atoms with Crippen molar-refractivity contribution in [2.45, 2.75) is 45.6 Å². The highest BCUT2D eigenvalue weighted by Gasteiger charge is 2.29. The molecule has 130 valence electrons. The molecule has 0 radical (unpaired) electrons. The molecule has 2 N–H and O–H groups in total. The van der Waals surface area contributed by atoms with E-state index >= 15 is 0 Å². The first-order valence-electron chi connectivity index (χ1n) is 9.01. The van der Waals surface area contributed by atoms with Gasteiger partial charge in [0.25, 0.3) is 0 Å². The van der Waals surface area contributed by atoms with E-state index in [9.17, 15) is 4.79 Å². The lowest BCUT2D eigenvalue weighted by Gasteiger charge is -2.09. The lowest BCUT2D eigenvalue weighted by molar-refractivity contribution is -0.116. The summed E-state index contributed by atoms with van der Waals surface area (Å²) in [5.41, 5.74) is 4.32. The first-order valence-corrected chi connectivity index (χ1v) is 9.01. The van der Waals surface area contributed by atoms with Crippen molar-refractivity contribution in [1.82, 2.24) is 14.8 Å². The fourth-order valence-corrected chi connectivity index (χ4v) is 3.39. The Bertz CT molecular complexity index is 903. The van der Waals surface area contributed by atoms with Crippen molar-refractivity contribution in [3.05, 3.63) is 47.9 Å². The molecule has 0 aliphatic heterocycles. The summed E-state index contributed by atoms with van der Waals surface area (Å²) < 4.78 is 1.97. The van der Waals surface area contributed by atoms with Crippen molar-refractivity contribution in [3.8, 4) is 0 Å². The molecule has 1 fully saturated rings. The zero-order chi connectivity index (χ0) is 17.4. The Labute approximate surface area is 147 Å². The summed E-state index contributed by atoms with van der Waals surface area (Å²) in [5, 5.41) is 8.56. The Morgan fingerprint density at radius 2 is 2.28 bits per heavy atom. The number of benzene rings is 1. The minimum atomic E-state index is 0.0284. The number of carbonyl (C=O) groups excluding carboxylic acids is 1. The lowest BCUT2D eigenvalue weighted by Crippen LogP contribution is -2.12. The molecule has 0 saturated heterocycles. The van der Waals surface area contributed by atoms with Crippen molar-refractivity contribution in [2.75, 3.05) is 5.32 Å². The molecule has 4 rings (SSSR count). The molecule has 5 nitrogen and oxygen atoms in total. The predicted octanol–water partition coefficient (Wildman–Crippen LogP) is 4.22. The maximum Gasteiger partial charge on any atom is 0.224 e. The Morgan fingerprint density at radius 1 is 1.44 bits per heavy atom. The van der Waals surface area contributed by atoms with Gasteiger partial charge in [0.05, 0.1) is 17.9 Å². The molecule has 5 heteroatoms. The number of rotatable bonds is 6. The summed E-state index contributed by atoms with van der Waals surface area (Å²) in [6.45, 7) is 4.28. The number of hydrogen-bond acceptors (Lipinski definition) is 2. The maximum atomic E-state index is 12.3. The molecule has 25 heavy (non-hydrogen) atoms. The minimum Gasteiger partial charge on any atom is -0.361 e. The van der Waals surface area contributed by atoms with Gasteiger partial charge in [-0.1, -0.05) is 11.6 Å². The van der Waals surface area contributed by atoms with Gasteiger partial charge >= 0.3 is 0 Å². The van der Waals surface area contributed by atoms with Crippen LogP contribution < -0.4 is 5.32 Å². The van der Waals surface area contributed by atoms with Gasteiger partial charge in [0.1, 0.15) is 0 Å². The molecule has 1 aliphatic carbocycles. The van der Waals surface area contributed by atoms with Crippen LogP contribution in [0.5, 0.6) is 0 Å². The summed E-state index contributed by atoms with van der Waals surface area (Å²) in [7, 11) is 0. The molecule has 1 aliphatic rings. The Balaban J connectivity index is 1.36. The summed E-state index contributed by atoms with van der Waals surface area (Å²) >= 11 is 0. The zero-order valence-corrected chi connectivity index (χ0v) is 14.7. The van der Waals surface area contributed by atoms with Crippen LogP contribution in [0.1, 0.15) is 43.4 Å². The third-order valence-corrected chi connectivity index (χ3v) is 5.15. The lowest BCUT2D eigenvalue weighted by atomic mass is 10.1. The summed E-state index contributed by atoms with van der Waals surface area (Å²) in [5.74, 6) is 0.773. The number of aryl methyl sites for hydroxylation is 2. The molecule has 1 unspecified atom stereocenters. The van der Waals surface area contributed by atoms with Gasteiger partial charge in [0.2, 0.25) is 5.91 Å². The highest BCUT2D eigenvalue weighted by atomic mass is 16.1. The molecule has 2 aromatic heterocycles. The van der Waals surface area contributed by atoms with E-state index in [1.165, 1.54) is 29.4 Å². The molecule has 2 heterocycles. The first kappa shape index (κ1) is 15.9. The Morgan fingerprint density at radius 3 is 3.08 bits per heavy atom. The highest BCUT2D eigenvalue weighted by Crippen LogP contribution is 2.39. The summed E-state index contributed by atoms with van der Waals surface area (Å²) in [6.07, 6.45) is 9.44. The standard InChI is InChI=1S/C20H24N4O/c1-13-3-7-19-18(9-13)16(10-21-19)6-8-20(25)23-17-11-22-24(12-17)14(2)15-4-5-15/h3,7,9-12,14-15,21H,4-6,8H2,1-2H3,(H,23,25). The largest absolute Gasteiger partial charge is 0.361 e. The third-order valence-electron chi connectivity index (χ3n) is 5.15. The van der Waals surface area contributed by atoms with Gasteiger partial charge in [-0.15, -0.1) is 0 Å². The van der Waals surface area contributed by atoms with E-state index in [0.29, 0.717) is 12.5 Å². The number of hydrogen-bond donors (Lipinski definition) is 2.